The second kappa shape index (κ2) is 4.82. The normalized spacial score (nSPS) is 11.5. The molecule has 0 saturated carbocycles. The van der Waals surface area contributed by atoms with Gasteiger partial charge in [0, 0.05) is 0 Å². The number of methoxy groups -OCH3 is 1. The second-order valence-electron chi connectivity index (χ2n) is 3.44. The van der Waals surface area contributed by atoms with Crippen molar-refractivity contribution in [3.63, 3.8) is 0 Å². The van der Waals surface area contributed by atoms with Crippen molar-refractivity contribution in [2.24, 2.45) is 5.73 Å². The molecule has 0 heterocycles. The number of ether oxygens (including phenoxy) is 1. The van der Waals surface area contributed by atoms with Gasteiger partial charge in [0.2, 0.25) is 10.0 Å². The van der Waals surface area contributed by atoms with Crippen molar-refractivity contribution < 1.29 is 13.2 Å². The van der Waals surface area contributed by atoms with Crippen molar-refractivity contribution in [2.75, 3.05) is 13.8 Å². The van der Waals surface area contributed by atoms with Crippen LogP contribution in [0.2, 0.25) is 0 Å². The molecule has 0 bridgehead atoms. The van der Waals surface area contributed by atoms with E-state index < -0.39 is 10.0 Å². The van der Waals surface area contributed by atoms with Crippen LogP contribution in [0.1, 0.15) is 11.1 Å². The van der Waals surface area contributed by atoms with E-state index in [0.717, 1.165) is 0 Å². The summed E-state index contributed by atoms with van der Waals surface area (Å²) in [6, 6.07) is 3.36. The van der Waals surface area contributed by atoms with Crippen molar-refractivity contribution >= 4 is 10.0 Å². The SMILES string of the molecule is COc1cc(C)c(S(=O)(=O)NCN)c(C)c1. The molecule has 0 amide bonds. The Hall–Kier alpha value is -1.11. The Kier molecular flexibility index (Phi) is 3.90. The molecule has 0 aliphatic rings. The van der Waals surface area contributed by atoms with E-state index in [4.69, 9.17) is 10.5 Å². The molecule has 0 aromatic heterocycles. The van der Waals surface area contributed by atoms with Crippen LogP contribution in [0.4, 0.5) is 0 Å². The third-order valence-electron chi connectivity index (χ3n) is 2.21. The van der Waals surface area contributed by atoms with Gasteiger partial charge in [-0.05, 0) is 37.1 Å². The fourth-order valence-electron chi connectivity index (χ4n) is 1.63. The zero-order valence-electron chi connectivity index (χ0n) is 9.57. The maximum absolute atomic E-state index is 11.8. The molecule has 0 unspecified atom stereocenters. The Morgan fingerprint density at radius 3 is 2.19 bits per heavy atom. The first-order valence-electron chi connectivity index (χ1n) is 4.77. The molecule has 0 saturated heterocycles. The van der Waals surface area contributed by atoms with Gasteiger partial charge in [0.25, 0.3) is 0 Å². The Labute approximate surface area is 95.7 Å². The van der Waals surface area contributed by atoms with Gasteiger partial charge in [0.15, 0.2) is 0 Å². The van der Waals surface area contributed by atoms with Crippen molar-refractivity contribution in [3.05, 3.63) is 23.3 Å². The van der Waals surface area contributed by atoms with Crippen molar-refractivity contribution in [2.45, 2.75) is 18.7 Å². The summed E-state index contributed by atoms with van der Waals surface area (Å²) in [5.74, 6) is 0.640. The highest BCUT2D eigenvalue weighted by Gasteiger charge is 2.19. The molecule has 90 valence electrons. The summed E-state index contributed by atoms with van der Waals surface area (Å²) in [6.07, 6.45) is 0. The number of nitrogens with one attached hydrogen (secondary N) is 1. The largest absolute Gasteiger partial charge is 0.497 e. The number of aryl methyl sites for hydroxylation is 2. The summed E-state index contributed by atoms with van der Waals surface area (Å²) in [4.78, 5) is 0.263. The smallest absolute Gasteiger partial charge is 0.242 e. The molecule has 0 radical (unpaired) electrons. The molecule has 0 atom stereocenters. The molecule has 16 heavy (non-hydrogen) atoms. The van der Waals surface area contributed by atoms with E-state index >= 15 is 0 Å². The zero-order valence-corrected chi connectivity index (χ0v) is 10.4. The second-order valence-corrected chi connectivity index (χ2v) is 5.15. The van der Waals surface area contributed by atoms with Crippen LogP contribution in [0.3, 0.4) is 0 Å². The van der Waals surface area contributed by atoms with Crippen molar-refractivity contribution in [1.82, 2.24) is 4.72 Å². The molecule has 6 heteroatoms. The Morgan fingerprint density at radius 2 is 1.81 bits per heavy atom. The van der Waals surface area contributed by atoms with Crippen molar-refractivity contribution in [3.8, 4) is 5.75 Å². The zero-order chi connectivity index (χ0) is 12.3. The number of nitrogens with two attached hydrogens (primary N) is 1. The Bertz CT molecular complexity index is 460. The number of hydrogen-bond acceptors (Lipinski definition) is 4. The third-order valence-corrected chi connectivity index (χ3v) is 3.94. The van der Waals surface area contributed by atoms with Gasteiger partial charge in [0.1, 0.15) is 5.75 Å². The number of rotatable bonds is 4. The number of hydrogen-bond donors (Lipinski definition) is 2. The van der Waals surface area contributed by atoms with E-state index in [9.17, 15) is 8.42 Å². The summed E-state index contributed by atoms with van der Waals surface area (Å²) in [5.41, 5.74) is 6.47. The van der Waals surface area contributed by atoms with Gasteiger partial charge in [-0.25, -0.2) is 8.42 Å². The number of sulfonamides is 1. The summed E-state index contributed by atoms with van der Waals surface area (Å²) < 4.78 is 31.0. The highest BCUT2D eigenvalue weighted by Crippen LogP contribution is 2.25. The van der Waals surface area contributed by atoms with Gasteiger partial charge in [-0.1, -0.05) is 0 Å². The van der Waals surface area contributed by atoms with Crippen LogP contribution in [0.5, 0.6) is 5.75 Å². The van der Waals surface area contributed by atoms with Gasteiger partial charge in [0.05, 0.1) is 18.7 Å². The lowest BCUT2D eigenvalue weighted by Crippen LogP contribution is -2.30. The summed E-state index contributed by atoms with van der Waals surface area (Å²) in [7, 11) is -1.99. The molecule has 0 fully saturated rings. The van der Waals surface area contributed by atoms with E-state index in [1.807, 2.05) is 0 Å². The van der Waals surface area contributed by atoms with Crippen LogP contribution < -0.4 is 15.2 Å². The van der Waals surface area contributed by atoms with E-state index in [2.05, 4.69) is 4.72 Å². The maximum atomic E-state index is 11.8. The minimum atomic E-state index is -3.53. The minimum Gasteiger partial charge on any atom is -0.497 e. The lowest BCUT2D eigenvalue weighted by Gasteiger charge is -2.12. The van der Waals surface area contributed by atoms with Gasteiger partial charge in [-0.2, -0.15) is 4.72 Å². The lowest BCUT2D eigenvalue weighted by molar-refractivity contribution is 0.413. The maximum Gasteiger partial charge on any atom is 0.242 e. The average molecular weight is 244 g/mol. The topological polar surface area (TPSA) is 81.4 Å². The first-order valence-corrected chi connectivity index (χ1v) is 6.25. The number of benzene rings is 1. The van der Waals surface area contributed by atoms with E-state index in [1.165, 1.54) is 0 Å². The van der Waals surface area contributed by atoms with Crippen LogP contribution >= 0.6 is 0 Å². The van der Waals surface area contributed by atoms with Crippen molar-refractivity contribution in [1.29, 1.82) is 0 Å². The highest BCUT2D eigenvalue weighted by molar-refractivity contribution is 7.89. The first-order chi connectivity index (χ1) is 7.42. The summed E-state index contributed by atoms with van der Waals surface area (Å²) in [6.45, 7) is 3.33. The molecule has 5 nitrogen and oxygen atoms in total. The molecule has 0 aliphatic carbocycles. The van der Waals surface area contributed by atoms with E-state index in [1.54, 1.807) is 33.1 Å². The van der Waals surface area contributed by atoms with Crippen LogP contribution in [0, 0.1) is 13.8 Å². The fourth-order valence-corrected chi connectivity index (χ4v) is 2.96. The van der Waals surface area contributed by atoms with Gasteiger partial charge < -0.3 is 10.5 Å². The monoisotopic (exact) mass is 244 g/mol. The predicted molar refractivity (Wildman–Crippen MR) is 61.8 cm³/mol. The minimum absolute atomic E-state index is 0.118. The summed E-state index contributed by atoms with van der Waals surface area (Å²) >= 11 is 0. The Balaban J connectivity index is 3.36. The van der Waals surface area contributed by atoms with Crippen LogP contribution in [-0.2, 0) is 10.0 Å². The molecule has 1 aromatic rings. The van der Waals surface area contributed by atoms with Gasteiger partial charge in [-0.15, -0.1) is 0 Å². The molecular weight excluding hydrogens is 228 g/mol. The van der Waals surface area contributed by atoms with Crippen LogP contribution in [-0.4, -0.2) is 22.2 Å². The van der Waals surface area contributed by atoms with Crippen LogP contribution in [0.15, 0.2) is 17.0 Å². The molecule has 1 aromatic carbocycles. The molecule has 0 aliphatic heterocycles. The van der Waals surface area contributed by atoms with Crippen LogP contribution in [0.25, 0.3) is 0 Å². The van der Waals surface area contributed by atoms with E-state index in [-0.39, 0.29) is 11.6 Å². The lowest BCUT2D eigenvalue weighted by atomic mass is 10.1. The fraction of sp³-hybridized carbons (Fsp3) is 0.400. The summed E-state index contributed by atoms with van der Waals surface area (Å²) in [5, 5.41) is 0. The third kappa shape index (κ3) is 2.52. The average Bonchev–Trinajstić information content (AvgIpc) is 2.15. The predicted octanol–water partition coefficient (Wildman–Crippen LogP) is 0.507. The molecule has 0 spiro atoms. The first kappa shape index (κ1) is 13.0. The molecule has 3 N–H and O–H groups in total. The van der Waals surface area contributed by atoms with E-state index in [0.29, 0.717) is 16.9 Å². The van der Waals surface area contributed by atoms with Gasteiger partial charge >= 0.3 is 0 Å². The van der Waals surface area contributed by atoms with Gasteiger partial charge in [-0.3, -0.25) is 0 Å². The molecular formula is C10H16N2O3S. The Morgan fingerprint density at radius 1 is 1.31 bits per heavy atom. The standard InChI is InChI=1S/C10H16N2O3S/c1-7-4-9(15-3)5-8(2)10(7)16(13,14)12-6-11/h4-5,12H,6,11H2,1-3H3. The highest BCUT2D eigenvalue weighted by atomic mass is 32.2. The quantitative estimate of drug-likeness (QED) is 0.756. The molecule has 1 rings (SSSR count).